The lowest BCUT2D eigenvalue weighted by atomic mass is 9.95. The molecule has 2 rings (SSSR count). The number of thiophene rings is 1. The second-order valence-corrected chi connectivity index (χ2v) is 8.00. The Morgan fingerprint density at radius 3 is 2.56 bits per heavy atom. The van der Waals surface area contributed by atoms with E-state index in [2.05, 4.69) is 9.46 Å². The van der Waals surface area contributed by atoms with Gasteiger partial charge in [0, 0.05) is 19.2 Å². The molecule has 6 nitrogen and oxygen atoms in total. The van der Waals surface area contributed by atoms with Gasteiger partial charge >= 0.3 is 5.97 Å². The number of carbonyl (C=O) groups excluding carboxylic acids is 1. The molecule has 1 aromatic carbocycles. The molecule has 2 aromatic rings. The van der Waals surface area contributed by atoms with Crippen LogP contribution in [0.15, 0.2) is 40.6 Å². The number of hydrogen-bond acceptors (Lipinski definition) is 6. The minimum atomic E-state index is -4.01. The third kappa shape index (κ3) is 4.06. The fraction of sp³-hybridized carbons (Fsp3) is 0.312. The van der Waals surface area contributed by atoms with Crippen LogP contribution in [0.3, 0.4) is 0 Å². The van der Waals surface area contributed by atoms with E-state index in [9.17, 15) is 17.6 Å². The summed E-state index contributed by atoms with van der Waals surface area (Å²) in [5.41, 5.74) is -1.00. The summed E-state index contributed by atoms with van der Waals surface area (Å²) in [5.74, 6) is -1.24. The van der Waals surface area contributed by atoms with E-state index in [-0.39, 0.29) is 21.9 Å². The number of rotatable bonds is 7. The van der Waals surface area contributed by atoms with E-state index in [1.165, 1.54) is 43.9 Å². The lowest BCUT2D eigenvalue weighted by molar-refractivity contribution is 0.00410. The molecule has 9 heteroatoms. The molecular formula is C16H18FNO5S2. The molecule has 1 atom stereocenters. The predicted octanol–water partition coefficient (Wildman–Crippen LogP) is 2.51. The van der Waals surface area contributed by atoms with Gasteiger partial charge in [-0.05, 0) is 24.4 Å². The highest BCUT2D eigenvalue weighted by molar-refractivity contribution is 7.89. The summed E-state index contributed by atoms with van der Waals surface area (Å²) in [6, 6.07) is 7.28. The Kier molecular flexibility index (Phi) is 5.94. The maximum absolute atomic E-state index is 14.1. The Hall–Kier alpha value is -1.81. The molecule has 0 saturated heterocycles. The predicted molar refractivity (Wildman–Crippen MR) is 91.6 cm³/mol. The SMILES string of the molecule is COC(=O)c1sccc1S(=O)(=O)NCC(C)(OC)c1ccccc1F. The molecule has 1 N–H and O–H groups in total. The maximum atomic E-state index is 14.1. The van der Waals surface area contributed by atoms with Crippen LogP contribution >= 0.6 is 11.3 Å². The number of sulfonamides is 1. The average Bonchev–Trinajstić information content (AvgIpc) is 3.10. The van der Waals surface area contributed by atoms with E-state index in [4.69, 9.17) is 4.74 Å². The van der Waals surface area contributed by atoms with Crippen LogP contribution in [0, 0.1) is 5.82 Å². The van der Waals surface area contributed by atoms with Gasteiger partial charge in [-0.25, -0.2) is 22.3 Å². The van der Waals surface area contributed by atoms with Crippen molar-refractivity contribution in [3.05, 3.63) is 52.0 Å². The van der Waals surface area contributed by atoms with Crippen molar-refractivity contribution in [1.29, 1.82) is 0 Å². The third-order valence-electron chi connectivity index (χ3n) is 3.78. The van der Waals surface area contributed by atoms with Gasteiger partial charge in [0.1, 0.15) is 21.2 Å². The number of carbonyl (C=O) groups is 1. The van der Waals surface area contributed by atoms with Crippen LogP contribution in [0.1, 0.15) is 22.2 Å². The highest BCUT2D eigenvalue weighted by atomic mass is 32.2. The maximum Gasteiger partial charge on any atom is 0.349 e. The number of ether oxygens (including phenoxy) is 2. The first-order valence-electron chi connectivity index (χ1n) is 7.21. The lowest BCUT2D eigenvalue weighted by Crippen LogP contribution is -2.40. The summed E-state index contributed by atoms with van der Waals surface area (Å²) >= 11 is 0.962. The second-order valence-electron chi connectivity index (χ2n) is 5.34. The van der Waals surface area contributed by atoms with Gasteiger partial charge in [-0.15, -0.1) is 11.3 Å². The number of benzene rings is 1. The van der Waals surface area contributed by atoms with E-state index in [0.29, 0.717) is 0 Å². The number of halogens is 1. The smallest absolute Gasteiger partial charge is 0.349 e. The molecule has 136 valence electrons. The van der Waals surface area contributed by atoms with E-state index < -0.39 is 27.4 Å². The first-order valence-corrected chi connectivity index (χ1v) is 9.57. The average molecular weight is 387 g/mol. The Morgan fingerprint density at radius 2 is 1.96 bits per heavy atom. The van der Waals surface area contributed by atoms with Gasteiger partial charge in [-0.2, -0.15) is 0 Å². The van der Waals surface area contributed by atoms with Crippen LogP contribution in [-0.4, -0.2) is 35.2 Å². The van der Waals surface area contributed by atoms with Crippen molar-refractivity contribution in [3.63, 3.8) is 0 Å². The molecule has 0 saturated carbocycles. The highest BCUT2D eigenvalue weighted by Crippen LogP contribution is 2.28. The van der Waals surface area contributed by atoms with Crippen LogP contribution in [0.4, 0.5) is 4.39 Å². The van der Waals surface area contributed by atoms with Crippen molar-refractivity contribution >= 4 is 27.3 Å². The molecule has 0 aliphatic heterocycles. The van der Waals surface area contributed by atoms with Crippen LogP contribution < -0.4 is 4.72 Å². The van der Waals surface area contributed by atoms with Crippen molar-refractivity contribution in [2.45, 2.75) is 17.4 Å². The summed E-state index contributed by atoms with van der Waals surface area (Å²) in [5, 5.41) is 1.48. The molecular weight excluding hydrogens is 369 g/mol. The van der Waals surface area contributed by atoms with Crippen molar-refractivity contribution in [3.8, 4) is 0 Å². The van der Waals surface area contributed by atoms with Crippen LogP contribution in [-0.2, 0) is 25.1 Å². The lowest BCUT2D eigenvalue weighted by Gasteiger charge is -2.29. The first kappa shape index (κ1) is 19.5. The zero-order chi connectivity index (χ0) is 18.7. The topological polar surface area (TPSA) is 81.7 Å². The van der Waals surface area contributed by atoms with Gasteiger partial charge in [0.15, 0.2) is 0 Å². The van der Waals surface area contributed by atoms with Crippen molar-refractivity contribution < 1.29 is 27.1 Å². The standard InChI is InChI=1S/C16H18FNO5S2/c1-16(23-3,11-6-4-5-7-12(11)17)10-18-25(20,21)13-8-9-24-14(13)15(19)22-2/h4-9,18H,10H2,1-3H3. The Labute approximate surface area is 149 Å². The van der Waals surface area contributed by atoms with Gasteiger partial charge in [-0.1, -0.05) is 18.2 Å². The molecule has 0 aliphatic carbocycles. The van der Waals surface area contributed by atoms with Gasteiger partial charge < -0.3 is 9.47 Å². The van der Waals surface area contributed by atoms with Gasteiger partial charge in [0.2, 0.25) is 10.0 Å². The molecule has 0 amide bonds. The fourth-order valence-electron chi connectivity index (χ4n) is 2.23. The number of hydrogen-bond donors (Lipinski definition) is 1. The summed E-state index contributed by atoms with van der Waals surface area (Å²) in [6.45, 7) is 1.35. The molecule has 0 radical (unpaired) electrons. The van der Waals surface area contributed by atoms with E-state index in [1.807, 2.05) is 0 Å². The zero-order valence-corrected chi connectivity index (χ0v) is 15.5. The van der Waals surface area contributed by atoms with E-state index >= 15 is 0 Å². The molecule has 1 aromatic heterocycles. The quantitative estimate of drug-likeness (QED) is 0.739. The van der Waals surface area contributed by atoms with Gasteiger partial charge in [-0.3, -0.25) is 0 Å². The molecule has 0 spiro atoms. The van der Waals surface area contributed by atoms with Crippen LogP contribution in [0.25, 0.3) is 0 Å². The number of methoxy groups -OCH3 is 2. The molecule has 0 fully saturated rings. The minimum Gasteiger partial charge on any atom is -0.465 e. The van der Waals surface area contributed by atoms with Crippen molar-refractivity contribution in [2.24, 2.45) is 0 Å². The van der Waals surface area contributed by atoms with Gasteiger partial charge in [0.25, 0.3) is 0 Å². The zero-order valence-electron chi connectivity index (χ0n) is 13.9. The van der Waals surface area contributed by atoms with Crippen molar-refractivity contribution in [1.82, 2.24) is 4.72 Å². The summed E-state index contributed by atoms with van der Waals surface area (Å²) in [4.78, 5) is 11.5. The summed E-state index contributed by atoms with van der Waals surface area (Å²) in [6.07, 6.45) is 0. The van der Waals surface area contributed by atoms with E-state index in [0.717, 1.165) is 11.3 Å². The van der Waals surface area contributed by atoms with Crippen molar-refractivity contribution in [2.75, 3.05) is 20.8 Å². The van der Waals surface area contributed by atoms with E-state index in [1.54, 1.807) is 13.0 Å². The van der Waals surface area contributed by atoms with Crippen LogP contribution in [0.2, 0.25) is 0 Å². The summed E-state index contributed by atoms with van der Waals surface area (Å²) < 4.78 is 51.5. The first-order chi connectivity index (χ1) is 11.7. The Morgan fingerprint density at radius 1 is 1.28 bits per heavy atom. The normalized spacial score (nSPS) is 14.1. The molecule has 1 heterocycles. The molecule has 25 heavy (non-hydrogen) atoms. The molecule has 0 aliphatic rings. The van der Waals surface area contributed by atoms with Gasteiger partial charge in [0.05, 0.1) is 7.11 Å². The largest absolute Gasteiger partial charge is 0.465 e. The molecule has 0 bridgehead atoms. The Balaban J connectivity index is 2.28. The Bertz CT molecular complexity index is 865. The third-order valence-corrected chi connectivity index (χ3v) is 6.25. The fourth-order valence-corrected chi connectivity index (χ4v) is 4.69. The number of nitrogens with one attached hydrogen (secondary N) is 1. The highest BCUT2D eigenvalue weighted by Gasteiger charge is 2.32. The second kappa shape index (κ2) is 7.61. The summed E-state index contributed by atoms with van der Waals surface area (Å²) in [7, 11) is -1.47. The number of esters is 1. The van der Waals surface area contributed by atoms with Crippen LogP contribution in [0.5, 0.6) is 0 Å². The molecule has 1 unspecified atom stereocenters. The minimum absolute atomic E-state index is 0.0278. The monoisotopic (exact) mass is 387 g/mol.